The molecule has 0 aromatic heterocycles. The van der Waals surface area contributed by atoms with Gasteiger partial charge in [-0.15, -0.1) is 4.72 Å². The number of benzene rings is 2. The molecule has 0 aliphatic carbocycles. The summed E-state index contributed by atoms with van der Waals surface area (Å²) in [7, 11) is 3.74. The van der Waals surface area contributed by atoms with Gasteiger partial charge in [0.05, 0.1) is 25.9 Å². The van der Waals surface area contributed by atoms with Gasteiger partial charge in [-0.2, -0.15) is 5.10 Å². The molecule has 0 spiro atoms. The highest BCUT2D eigenvalue weighted by Crippen LogP contribution is 2.28. The lowest BCUT2D eigenvalue weighted by Crippen LogP contribution is -2.60. The minimum atomic E-state index is -1.80. The van der Waals surface area contributed by atoms with E-state index in [-0.39, 0.29) is 19.8 Å². The summed E-state index contributed by atoms with van der Waals surface area (Å²) in [4.78, 5) is 6.25. The van der Waals surface area contributed by atoms with Crippen LogP contribution in [-0.4, -0.2) is 88.7 Å². The Balaban J connectivity index is 1.59. The molecule has 6 atom stereocenters. The summed E-state index contributed by atoms with van der Waals surface area (Å²) in [5, 5.41) is 17.5. The van der Waals surface area contributed by atoms with Crippen molar-refractivity contribution in [3.05, 3.63) is 95.7 Å². The third-order valence-electron chi connectivity index (χ3n) is 7.14. The molecule has 2 aromatic rings. The number of allylic oxidation sites excluding steroid dienone is 2. The number of nitrogens with one attached hydrogen (secondary N) is 1. The predicted octanol–water partition coefficient (Wildman–Crippen LogP) is 3.95. The van der Waals surface area contributed by atoms with E-state index in [1.54, 1.807) is 5.01 Å². The van der Waals surface area contributed by atoms with Gasteiger partial charge in [0.25, 0.3) is 0 Å². The number of likely N-dealkylation sites (N-methyl/N-ethyl adjacent to an activating group) is 1. The summed E-state index contributed by atoms with van der Waals surface area (Å²) in [5.41, 5.74) is 2.46. The average molecular weight is 612 g/mol. The van der Waals surface area contributed by atoms with Gasteiger partial charge in [-0.05, 0) is 23.6 Å². The van der Waals surface area contributed by atoms with Crippen molar-refractivity contribution in [1.29, 1.82) is 0 Å². The number of unbranched alkanes of at least 4 members (excludes halogenated alkanes) is 1. The largest absolute Gasteiger partial charge is 0.598 e. The van der Waals surface area contributed by atoms with E-state index in [4.69, 9.17) is 9.47 Å². The molecule has 2 aromatic carbocycles. The van der Waals surface area contributed by atoms with E-state index in [2.05, 4.69) is 14.8 Å². The normalized spacial score (nSPS) is 19.6. The quantitative estimate of drug-likeness (QED) is 0.277. The zero-order valence-electron chi connectivity index (χ0n) is 25.0. The van der Waals surface area contributed by atoms with Gasteiger partial charge in [0, 0.05) is 25.5 Å². The molecule has 0 radical (unpaired) electrons. The van der Waals surface area contributed by atoms with Gasteiger partial charge in [-0.1, -0.05) is 86.2 Å². The van der Waals surface area contributed by atoms with Crippen LogP contribution in [0, 0.1) is 0 Å². The number of fused-ring (bicyclic) bond motifs is 1. The van der Waals surface area contributed by atoms with Gasteiger partial charge in [0.15, 0.2) is 12.0 Å². The van der Waals surface area contributed by atoms with Crippen molar-refractivity contribution in [2.45, 2.75) is 63.4 Å². The average Bonchev–Trinajstić information content (AvgIpc) is 3.03. The van der Waals surface area contributed by atoms with E-state index >= 15 is 4.39 Å². The zero-order chi connectivity index (χ0) is 30.6. The molecule has 0 amide bonds. The topological polar surface area (TPSA) is 105 Å². The minimum absolute atomic E-state index is 0.0816. The highest BCUT2D eigenvalue weighted by molar-refractivity contribution is 7.89. The third-order valence-corrected chi connectivity index (χ3v) is 8.34. The first-order chi connectivity index (χ1) is 20.9. The van der Waals surface area contributed by atoms with Gasteiger partial charge < -0.3 is 24.0 Å². The number of nitrogens with zero attached hydrogens (tertiary/aromatic N) is 4. The van der Waals surface area contributed by atoms with Crippen LogP contribution in [-0.2, 0) is 34.0 Å². The first-order valence-corrected chi connectivity index (χ1v) is 15.9. The van der Waals surface area contributed by atoms with E-state index in [0.29, 0.717) is 17.3 Å². The number of aliphatic hydroxyl groups is 1. The van der Waals surface area contributed by atoms with Gasteiger partial charge in [0.2, 0.25) is 0 Å². The molecule has 0 saturated heterocycles. The third kappa shape index (κ3) is 9.21. The lowest BCUT2D eigenvalue weighted by Gasteiger charge is -2.41. The summed E-state index contributed by atoms with van der Waals surface area (Å²) < 4.78 is 45.1. The van der Waals surface area contributed by atoms with Crippen molar-refractivity contribution < 1.29 is 23.5 Å². The van der Waals surface area contributed by atoms with Gasteiger partial charge in [0.1, 0.15) is 36.0 Å². The van der Waals surface area contributed by atoms with Crippen LogP contribution < -0.4 is 4.72 Å². The van der Waals surface area contributed by atoms with Crippen LogP contribution in [0.1, 0.15) is 30.9 Å². The second-order valence-electron chi connectivity index (χ2n) is 10.7. The Morgan fingerprint density at radius 1 is 1.09 bits per heavy atom. The molecule has 0 saturated carbocycles. The number of hydrazone groups is 1. The smallest absolute Gasteiger partial charge is 0.155 e. The first-order valence-electron chi connectivity index (χ1n) is 14.6. The van der Waals surface area contributed by atoms with Crippen molar-refractivity contribution in [1.82, 2.24) is 14.6 Å². The van der Waals surface area contributed by atoms with Gasteiger partial charge in [-0.25, -0.2) is 9.38 Å². The highest BCUT2D eigenvalue weighted by Gasteiger charge is 2.45. The Kier molecular flexibility index (Phi) is 12.8. The van der Waals surface area contributed by atoms with E-state index in [0.717, 1.165) is 24.0 Å². The maximum Gasteiger partial charge on any atom is 0.155 e. The fourth-order valence-corrected chi connectivity index (χ4v) is 6.12. The standard InChI is InChI=1S/C32H42FN5O4S/c1-4-5-19-43(40)36-30(26-17-12-18-27-32(37(2)3)34-23-35-38(26)27)29(33)31(42-21-25-15-10-7-11-16-25)28(39)22-41-20-24-13-8-6-9-14-24/h6-18,23,26,28-31,36,39H,4-5,19-22H2,1-3H3/t26?,28-,29-,30-,31+,43?/m0/s1. The molecule has 2 aliphatic rings. The van der Waals surface area contributed by atoms with Crippen LogP contribution in [0.25, 0.3) is 0 Å². The molecule has 2 aliphatic heterocycles. The number of amidine groups is 1. The summed E-state index contributed by atoms with van der Waals surface area (Å²) in [6.07, 6.45) is 4.10. The first kappa shape index (κ1) is 32.8. The molecule has 2 heterocycles. The number of alkyl halides is 1. The maximum atomic E-state index is 17.0. The maximum absolute atomic E-state index is 17.0. The second kappa shape index (κ2) is 16.7. The summed E-state index contributed by atoms with van der Waals surface area (Å²) >= 11 is -1.53. The number of hydrogen-bond donors (Lipinski definition) is 2. The molecule has 9 nitrogen and oxygen atoms in total. The van der Waals surface area contributed by atoms with Gasteiger partial charge in [-0.3, -0.25) is 5.01 Å². The van der Waals surface area contributed by atoms with E-state index in [9.17, 15) is 9.66 Å². The highest BCUT2D eigenvalue weighted by atomic mass is 32.2. The number of aliphatic hydroxyl groups excluding tert-OH is 1. The van der Waals surface area contributed by atoms with Crippen molar-refractivity contribution >= 4 is 23.5 Å². The second-order valence-corrected chi connectivity index (χ2v) is 12.0. The number of hydrogen-bond acceptors (Lipinski definition) is 9. The van der Waals surface area contributed by atoms with Crippen LogP contribution in [0.15, 0.2) is 94.7 Å². The molecule has 4 rings (SSSR count). The van der Waals surface area contributed by atoms with Crippen molar-refractivity contribution in [2.75, 3.05) is 26.5 Å². The molecule has 2 N–H and O–H groups in total. The molecular formula is C32H42FN5O4S. The molecular weight excluding hydrogens is 569 g/mol. The van der Waals surface area contributed by atoms with Crippen LogP contribution in [0.4, 0.5) is 4.39 Å². The lowest BCUT2D eigenvalue weighted by molar-refractivity contribution is -0.117. The van der Waals surface area contributed by atoms with Crippen LogP contribution in [0.5, 0.6) is 0 Å². The van der Waals surface area contributed by atoms with Crippen molar-refractivity contribution in [2.24, 2.45) is 10.1 Å². The van der Waals surface area contributed by atoms with Crippen molar-refractivity contribution in [3.63, 3.8) is 0 Å². The summed E-state index contributed by atoms with van der Waals surface area (Å²) in [5.74, 6) is 1.03. The van der Waals surface area contributed by atoms with E-state index in [1.165, 1.54) is 6.34 Å². The molecule has 2 unspecified atom stereocenters. The number of ether oxygens (including phenoxy) is 2. The molecule has 232 valence electrons. The monoisotopic (exact) mass is 611 g/mol. The Morgan fingerprint density at radius 2 is 1.77 bits per heavy atom. The van der Waals surface area contributed by atoms with Crippen LogP contribution in [0.3, 0.4) is 0 Å². The molecule has 0 fully saturated rings. The number of halogens is 1. The van der Waals surface area contributed by atoms with E-state index < -0.39 is 41.8 Å². The predicted molar refractivity (Wildman–Crippen MR) is 169 cm³/mol. The lowest BCUT2D eigenvalue weighted by atomic mass is 9.94. The van der Waals surface area contributed by atoms with E-state index in [1.807, 2.05) is 105 Å². The number of rotatable bonds is 16. The van der Waals surface area contributed by atoms with Crippen LogP contribution in [0.2, 0.25) is 0 Å². The summed E-state index contributed by atoms with van der Waals surface area (Å²) in [6, 6.07) is 17.2. The van der Waals surface area contributed by atoms with Crippen LogP contribution >= 0.6 is 0 Å². The fraction of sp³-hybridized carbons (Fsp3) is 0.438. The zero-order valence-corrected chi connectivity index (χ0v) is 25.8. The number of aliphatic imine (C=N–C) groups is 1. The Hall–Kier alpha value is -3.06. The SMILES string of the molecule is CCCC[S+]([O-])N[C@@H](C1C=CC=C2C(N(C)C)=NC=NN21)[C@H](F)[C@H](OCc1ccccc1)[C@@H](O)COCc1ccccc1. The van der Waals surface area contributed by atoms with Crippen molar-refractivity contribution in [3.8, 4) is 0 Å². The minimum Gasteiger partial charge on any atom is -0.598 e. The summed E-state index contributed by atoms with van der Waals surface area (Å²) in [6.45, 7) is 2.21. The molecule has 43 heavy (non-hydrogen) atoms. The Bertz CT molecular complexity index is 1250. The Labute approximate surface area is 257 Å². The van der Waals surface area contributed by atoms with Gasteiger partial charge >= 0.3 is 0 Å². The molecule has 11 heteroatoms. The Morgan fingerprint density at radius 3 is 2.42 bits per heavy atom. The fourth-order valence-electron chi connectivity index (χ4n) is 4.88. The molecule has 0 bridgehead atoms.